The number of carbonyl (C=O) groups excluding carboxylic acids is 1. The fourth-order valence-corrected chi connectivity index (χ4v) is 3.00. The van der Waals surface area contributed by atoms with E-state index in [0.29, 0.717) is 29.4 Å². The molecule has 0 saturated carbocycles. The molecule has 0 saturated heterocycles. The van der Waals surface area contributed by atoms with E-state index in [1.165, 1.54) is 0 Å². The lowest BCUT2D eigenvalue weighted by atomic mass is 10.1. The standard InChI is InChI=1S/C14H20Cl2N2O3S.ClH/c1-22(20,21)8-6-13(17)14(19)18-7-2-3-10-4-5-11(15)9-12(10)16;/h4-5,9,13H,2-3,6-8,17H2,1H3,(H,18,19);1H. The topological polar surface area (TPSA) is 89.3 Å². The van der Waals surface area contributed by atoms with Gasteiger partial charge in [-0.1, -0.05) is 29.3 Å². The van der Waals surface area contributed by atoms with E-state index in [1.807, 2.05) is 6.07 Å². The Hall–Kier alpha value is -0.530. The predicted molar refractivity (Wildman–Crippen MR) is 97.3 cm³/mol. The Bertz CT molecular complexity index is 624. The molecule has 0 aliphatic rings. The number of carbonyl (C=O) groups is 1. The molecule has 3 N–H and O–H groups in total. The zero-order valence-electron chi connectivity index (χ0n) is 12.7. The second-order valence-corrected chi connectivity index (χ2v) is 8.26. The van der Waals surface area contributed by atoms with Crippen molar-refractivity contribution in [3.05, 3.63) is 33.8 Å². The molecule has 0 bridgehead atoms. The zero-order valence-corrected chi connectivity index (χ0v) is 15.9. The second-order valence-electron chi connectivity index (χ2n) is 5.16. The molecule has 0 aliphatic heterocycles. The summed E-state index contributed by atoms with van der Waals surface area (Å²) in [6.45, 7) is 0.449. The summed E-state index contributed by atoms with van der Waals surface area (Å²) in [7, 11) is -3.11. The molecule has 1 rings (SSSR count). The summed E-state index contributed by atoms with van der Waals surface area (Å²) in [6, 6.07) is 4.49. The van der Waals surface area contributed by atoms with E-state index in [9.17, 15) is 13.2 Å². The SMILES string of the molecule is CS(=O)(=O)CCC(N)C(=O)NCCCc1ccc(Cl)cc1Cl.Cl. The maximum Gasteiger partial charge on any atom is 0.236 e. The van der Waals surface area contributed by atoms with Crippen molar-refractivity contribution in [2.24, 2.45) is 5.73 Å². The molecule has 1 aromatic carbocycles. The third kappa shape index (κ3) is 9.37. The van der Waals surface area contributed by atoms with Gasteiger partial charge < -0.3 is 11.1 Å². The molecule has 132 valence electrons. The molecule has 9 heteroatoms. The van der Waals surface area contributed by atoms with Crippen molar-refractivity contribution >= 4 is 51.4 Å². The summed E-state index contributed by atoms with van der Waals surface area (Å²) in [4.78, 5) is 11.7. The number of benzene rings is 1. The molecule has 0 fully saturated rings. The summed E-state index contributed by atoms with van der Waals surface area (Å²) in [5.41, 5.74) is 6.61. The third-order valence-corrected chi connectivity index (χ3v) is 4.64. The van der Waals surface area contributed by atoms with Gasteiger partial charge in [-0.15, -0.1) is 12.4 Å². The molecule has 0 heterocycles. The Morgan fingerprint density at radius 1 is 1.35 bits per heavy atom. The van der Waals surface area contributed by atoms with Crippen molar-refractivity contribution in [1.82, 2.24) is 5.32 Å². The first-order chi connectivity index (χ1) is 10.2. The van der Waals surface area contributed by atoms with Gasteiger partial charge in [0.05, 0.1) is 11.8 Å². The molecule has 0 aliphatic carbocycles. The van der Waals surface area contributed by atoms with Gasteiger partial charge in [-0.3, -0.25) is 4.79 Å². The first-order valence-corrected chi connectivity index (χ1v) is 9.65. The predicted octanol–water partition coefficient (Wildman–Crippen LogP) is 2.23. The minimum atomic E-state index is -3.11. The molecule has 1 aromatic rings. The van der Waals surface area contributed by atoms with E-state index in [4.69, 9.17) is 28.9 Å². The van der Waals surface area contributed by atoms with Crippen LogP contribution < -0.4 is 11.1 Å². The van der Waals surface area contributed by atoms with Gasteiger partial charge in [-0.25, -0.2) is 8.42 Å². The Morgan fingerprint density at radius 2 is 2.00 bits per heavy atom. The van der Waals surface area contributed by atoms with Gasteiger partial charge in [0.15, 0.2) is 0 Å². The Balaban J connectivity index is 0.00000484. The third-order valence-electron chi connectivity index (χ3n) is 3.07. The summed E-state index contributed by atoms with van der Waals surface area (Å²) in [5, 5.41) is 3.87. The quantitative estimate of drug-likeness (QED) is 0.651. The molecular weight excluding hydrogens is 383 g/mol. The Morgan fingerprint density at radius 3 is 2.57 bits per heavy atom. The number of aryl methyl sites for hydroxylation is 1. The normalized spacial score (nSPS) is 12.3. The van der Waals surface area contributed by atoms with Crippen LogP contribution in [-0.4, -0.2) is 38.9 Å². The minimum Gasteiger partial charge on any atom is -0.355 e. The lowest BCUT2D eigenvalue weighted by Gasteiger charge is -2.12. The monoisotopic (exact) mass is 402 g/mol. The highest BCUT2D eigenvalue weighted by atomic mass is 35.5. The molecule has 1 amide bonds. The lowest BCUT2D eigenvalue weighted by molar-refractivity contribution is -0.122. The zero-order chi connectivity index (χ0) is 16.8. The number of hydrogen-bond acceptors (Lipinski definition) is 4. The van der Waals surface area contributed by atoms with Gasteiger partial charge in [0.25, 0.3) is 0 Å². The second kappa shape index (κ2) is 10.4. The van der Waals surface area contributed by atoms with E-state index < -0.39 is 15.9 Å². The maximum atomic E-state index is 11.7. The van der Waals surface area contributed by atoms with Crippen LogP contribution in [0.4, 0.5) is 0 Å². The van der Waals surface area contributed by atoms with Crippen LogP contribution in [0.1, 0.15) is 18.4 Å². The number of halogens is 3. The van der Waals surface area contributed by atoms with Crippen LogP contribution in [0.5, 0.6) is 0 Å². The first-order valence-electron chi connectivity index (χ1n) is 6.84. The smallest absolute Gasteiger partial charge is 0.236 e. The Labute approximate surface area is 153 Å². The first kappa shape index (κ1) is 22.5. The number of nitrogens with one attached hydrogen (secondary N) is 1. The summed E-state index contributed by atoms with van der Waals surface area (Å²) >= 11 is 11.9. The summed E-state index contributed by atoms with van der Waals surface area (Å²) in [6.07, 6.45) is 2.64. The Kier molecular flexibility index (Phi) is 10.1. The fourth-order valence-electron chi connectivity index (χ4n) is 1.82. The average Bonchev–Trinajstić information content (AvgIpc) is 2.41. The molecule has 23 heavy (non-hydrogen) atoms. The lowest BCUT2D eigenvalue weighted by Crippen LogP contribution is -2.42. The van der Waals surface area contributed by atoms with Crippen LogP contribution in [0.3, 0.4) is 0 Å². The van der Waals surface area contributed by atoms with Crippen molar-refractivity contribution in [3.8, 4) is 0 Å². The van der Waals surface area contributed by atoms with Crippen molar-refractivity contribution < 1.29 is 13.2 Å². The number of amides is 1. The van der Waals surface area contributed by atoms with Crippen molar-refractivity contribution in [2.45, 2.75) is 25.3 Å². The van der Waals surface area contributed by atoms with Crippen LogP contribution in [0.15, 0.2) is 18.2 Å². The van der Waals surface area contributed by atoms with E-state index >= 15 is 0 Å². The van der Waals surface area contributed by atoms with Crippen LogP contribution >= 0.6 is 35.6 Å². The van der Waals surface area contributed by atoms with Crippen molar-refractivity contribution in [1.29, 1.82) is 0 Å². The molecule has 1 atom stereocenters. The van der Waals surface area contributed by atoms with Crippen LogP contribution in [-0.2, 0) is 21.1 Å². The van der Waals surface area contributed by atoms with Crippen LogP contribution in [0, 0.1) is 0 Å². The van der Waals surface area contributed by atoms with E-state index in [-0.39, 0.29) is 30.5 Å². The van der Waals surface area contributed by atoms with Crippen molar-refractivity contribution in [2.75, 3.05) is 18.6 Å². The van der Waals surface area contributed by atoms with E-state index in [1.54, 1.807) is 12.1 Å². The molecule has 0 radical (unpaired) electrons. The average molecular weight is 404 g/mol. The maximum absolute atomic E-state index is 11.7. The number of rotatable bonds is 8. The van der Waals surface area contributed by atoms with Gasteiger partial charge in [-0.05, 0) is 37.0 Å². The van der Waals surface area contributed by atoms with Gasteiger partial charge in [0.1, 0.15) is 9.84 Å². The summed E-state index contributed by atoms with van der Waals surface area (Å²) < 4.78 is 22.0. The van der Waals surface area contributed by atoms with Gasteiger partial charge in [-0.2, -0.15) is 0 Å². The largest absolute Gasteiger partial charge is 0.355 e. The highest BCUT2D eigenvalue weighted by Gasteiger charge is 2.15. The molecule has 5 nitrogen and oxygen atoms in total. The number of nitrogens with two attached hydrogens (primary N) is 1. The van der Waals surface area contributed by atoms with Gasteiger partial charge in [0.2, 0.25) is 5.91 Å². The summed E-state index contributed by atoms with van der Waals surface area (Å²) in [5.74, 6) is -0.437. The molecule has 0 aromatic heterocycles. The molecule has 1 unspecified atom stereocenters. The van der Waals surface area contributed by atoms with E-state index in [0.717, 1.165) is 11.8 Å². The van der Waals surface area contributed by atoms with Crippen LogP contribution in [0.2, 0.25) is 10.0 Å². The van der Waals surface area contributed by atoms with E-state index in [2.05, 4.69) is 5.32 Å². The van der Waals surface area contributed by atoms with Crippen LogP contribution in [0.25, 0.3) is 0 Å². The minimum absolute atomic E-state index is 0. The highest BCUT2D eigenvalue weighted by molar-refractivity contribution is 7.90. The highest BCUT2D eigenvalue weighted by Crippen LogP contribution is 2.21. The fraction of sp³-hybridized carbons (Fsp3) is 0.500. The number of hydrogen-bond donors (Lipinski definition) is 2. The number of sulfone groups is 1. The molecular formula is C14H21Cl3N2O3S. The van der Waals surface area contributed by atoms with Gasteiger partial charge in [0, 0.05) is 22.8 Å². The molecule has 0 spiro atoms. The van der Waals surface area contributed by atoms with Gasteiger partial charge >= 0.3 is 0 Å². The van der Waals surface area contributed by atoms with Crippen molar-refractivity contribution in [3.63, 3.8) is 0 Å².